The third-order valence-electron chi connectivity index (χ3n) is 2.43. The third kappa shape index (κ3) is 5.25. The van der Waals surface area contributed by atoms with E-state index in [-0.39, 0.29) is 12.0 Å². The molecule has 0 bridgehead atoms. The number of hydrogen-bond donors (Lipinski definition) is 2. The van der Waals surface area contributed by atoms with Gasteiger partial charge in [-0.05, 0) is 19.3 Å². The molecule has 0 saturated heterocycles. The van der Waals surface area contributed by atoms with Gasteiger partial charge < -0.3 is 19.9 Å². The van der Waals surface area contributed by atoms with E-state index in [0.29, 0.717) is 24.8 Å². The van der Waals surface area contributed by atoms with Gasteiger partial charge in [-0.3, -0.25) is 0 Å². The number of rotatable bonds is 7. The second-order valence-electron chi connectivity index (χ2n) is 5.08. The highest BCUT2D eigenvalue weighted by molar-refractivity contribution is 5.28. The summed E-state index contributed by atoms with van der Waals surface area (Å²) in [5.41, 5.74) is -0.832. The average Bonchev–Trinajstić information content (AvgIpc) is 2.34. The lowest BCUT2D eigenvalue weighted by Gasteiger charge is -2.25. The smallest absolute Gasteiger partial charge is 0.324 e. The summed E-state index contributed by atoms with van der Waals surface area (Å²) in [6.45, 7) is 6.23. The molecule has 1 aromatic rings. The average molecular weight is 270 g/mol. The molecule has 108 valence electrons. The topological polar surface area (TPSA) is 89.4 Å². The largest absolute Gasteiger partial charge is 0.467 e. The molecule has 0 radical (unpaired) electrons. The number of nitrogens with zero attached hydrogens (tertiary/aromatic N) is 3. The lowest BCUT2D eigenvalue weighted by Crippen LogP contribution is -2.35. The predicted octanol–water partition coefficient (Wildman–Crippen LogP) is 1.10. The lowest BCUT2D eigenvalue weighted by atomic mass is 9.94. The van der Waals surface area contributed by atoms with Crippen molar-refractivity contribution in [2.45, 2.75) is 32.8 Å². The van der Waals surface area contributed by atoms with Crippen LogP contribution in [0.5, 0.6) is 12.0 Å². The van der Waals surface area contributed by atoms with E-state index in [2.05, 4.69) is 34.1 Å². The zero-order valence-corrected chi connectivity index (χ0v) is 12.1. The number of aromatic nitrogens is 3. The first kappa shape index (κ1) is 15.4. The molecular formula is C12H22N4O3. The second-order valence-corrected chi connectivity index (χ2v) is 5.08. The van der Waals surface area contributed by atoms with Gasteiger partial charge in [0.2, 0.25) is 5.95 Å². The van der Waals surface area contributed by atoms with Gasteiger partial charge in [-0.2, -0.15) is 9.97 Å². The number of nitrogens with one attached hydrogen (secondary N) is 1. The maximum Gasteiger partial charge on any atom is 0.324 e. The zero-order valence-electron chi connectivity index (χ0n) is 12.1. The lowest BCUT2D eigenvalue weighted by molar-refractivity contribution is 0.0513. The van der Waals surface area contributed by atoms with Gasteiger partial charge in [0.05, 0.1) is 19.8 Å². The minimum absolute atomic E-state index is 0.165. The molecule has 7 heteroatoms. The first-order valence-corrected chi connectivity index (χ1v) is 6.16. The van der Waals surface area contributed by atoms with Gasteiger partial charge in [-0.1, -0.05) is 13.8 Å². The van der Waals surface area contributed by atoms with E-state index in [1.165, 1.54) is 14.2 Å². The van der Waals surface area contributed by atoms with Crippen LogP contribution >= 0.6 is 0 Å². The molecule has 0 amide bonds. The zero-order chi connectivity index (χ0) is 14.5. The predicted molar refractivity (Wildman–Crippen MR) is 71.5 cm³/mol. The molecule has 1 atom stereocenters. The summed E-state index contributed by atoms with van der Waals surface area (Å²) in [6.07, 6.45) is 0.680. The Morgan fingerprint density at radius 3 is 2.11 bits per heavy atom. The van der Waals surface area contributed by atoms with Crippen LogP contribution in [0.15, 0.2) is 0 Å². The number of anilines is 1. The van der Waals surface area contributed by atoms with Crippen molar-refractivity contribution in [1.29, 1.82) is 0 Å². The van der Waals surface area contributed by atoms with Crippen molar-refractivity contribution >= 4 is 5.95 Å². The number of methoxy groups -OCH3 is 2. The Hall–Kier alpha value is -1.63. The van der Waals surface area contributed by atoms with Crippen molar-refractivity contribution in [1.82, 2.24) is 15.0 Å². The minimum Gasteiger partial charge on any atom is -0.467 e. The van der Waals surface area contributed by atoms with Crippen LogP contribution in [0.4, 0.5) is 5.95 Å². The van der Waals surface area contributed by atoms with Crippen molar-refractivity contribution in [3.63, 3.8) is 0 Å². The van der Waals surface area contributed by atoms with Crippen molar-refractivity contribution in [3.8, 4) is 12.0 Å². The molecule has 19 heavy (non-hydrogen) atoms. The summed E-state index contributed by atoms with van der Waals surface area (Å²) in [4.78, 5) is 12.0. The van der Waals surface area contributed by atoms with E-state index in [4.69, 9.17) is 9.47 Å². The Morgan fingerprint density at radius 2 is 1.68 bits per heavy atom. The molecule has 1 heterocycles. The van der Waals surface area contributed by atoms with Crippen LogP contribution in [0.2, 0.25) is 0 Å². The molecule has 1 aromatic heterocycles. The summed E-state index contributed by atoms with van der Waals surface area (Å²) in [5, 5.41) is 13.2. The van der Waals surface area contributed by atoms with Crippen LogP contribution in [0.3, 0.4) is 0 Å². The van der Waals surface area contributed by atoms with Gasteiger partial charge in [0.25, 0.3) is 0 Å². The normalized spacial score (nSPS) is 14.1. The third-order valence-corrected chi connectivity index (χ3v) is 2.43. The van der Waals surface area contributed by atoms with E-state index < -0.39 is 5.60 Å². The van der Waals surface area contributed by atoms with E-state index >= 15 is 0 Å². The van der Waals surface area contributed by atoms with Crippen LogP contribution in [0.1, 0.15) is 27.2 Å². The van der Waals surface area contributed by atoms with E-state index in [0.717, 1.165) is 0 Å². The Kier molecular flexibility index (Phi) is 5.29. The summed E-state index contributed by atoms with van der Waals surface area (Å²) >= 11 is 0. The first-order valence-electron chi connectivity index (χ1n) is 6.16. The molecule has 0 spiro atoms. The fourth-order valence-corrected chi connectivity index (χ4v) is 1.82. The highest BCUT2D eigenvalue weighted by Crippen LogP contribution is 2.18. The number of hydrogen-bond acceptors (Lipinski definition) is 7. The second kappa shape index (κ2) is 6.51. The molecule has 0 saturated carbocycles. The number of ether oxygens (including phenoxy) is 2. The van der Waals surface area contributed by atoms with Gasteiger partial charge >= 0.3 is 12.0 Å². The van der Waals surface area contributed by atoms with Crippen LogP contribution in [-0.4, -0.2) is 46.4 Å². The first-order chi connectivity index (χ1) is 8.86. The maximum absolute atomic E-state index is 10.2. The van der Waals surface area contributed by atoms with Gasteiger partial charge in [0.15, 0.2) is 0 Å². The van der Waals surface area contributed by atoms with Crippen molar-refractivity contribution in [2.24, 2.45) is 5.92 Å². The molecule has 2 N–H and O–H groups in total. The van der Waals surface area contributed by atoms with Crippen LogP contribution in [-0.2, 0) is 0 Å². The molecule has 7 nitrogen and oxygen atoms in total. The SMILES string of the molecule is COc1nc(NCC(C)(O)CC(C)C)nc(OC)n1. The van der Waals surface area contributed by atoms with E-state index in [1.807, 2.05) is 0 Å². The fraction of sp³-hybridized carbons (Fsp3) is 0.750. The van der Waals surface area contributed by atoms with Crippen molar-refractivity contribution < 1.29 is 14.6 Å². The molecule has 0 fully saturated rings. The van der Waals surface area contributed by atoms with Gasteiger partial charge in [-0.15, -0.1) is 4.98 Å². The van der Waals surface area contributed by atoms with E-state index in [1.54, 1.807) is 6.92 Å². The van der Waals surface area contributed by atoms with Crippen molar-refractivity contribution in [2.75, 3.05) is 26.1 Å². The molecule has 0 aliphatic heterocycles. The molecule has 1 unspecified atom stereocenters. The van der Waals surface area contributed by atoms with Crippen molar-refractivity contribution in [3.05, 3.63) is 0 Å². The quantitative estimate of drug-likeness (QED) is 0.766. The van der Waals surface area contributed by atoms with E-state index in [9.17, 15) is 5.11 Å². The highest BCUT2D eigenvalue weighted by Gasteiger charge is 2.22. The maximum atomic E-state index is 10.2. The molecular weight excluding hydrogens is 248 g/mol. The number of aliphatic hydroxyl groups is 1. The van der Waals surface area contributed by atoms with Gasteiger partial charge in [-0.25, -0.2) is 0 Å². The summed E-state index contributed by atoms with van der Waals surface area (Å²) < 4.78 is 9.90. The van der Waals surface area contributed by atoms with Crippen LogP contribution in [0, 0.1) is 5.92 Å². The summed E-state index contributed by atoms with van der Waals surface area (Å²) in [5.74, 6) is 0.715. The molecule has 0 aliphatic carbocycles. The molecule has 1 rings (SSSR count). The highest BCUT2D eigenvalue weighted by atomic mass is 16.5. The van der Waals surface area contributed by atoms with Crippen LogP contribution < -0.4 is 14.8 Å². The minimum atomic E-state index is -0.832. The van der Waals surface area contributed by atoms with Crippen LogP contribution in [0.25, 0.3) is 0 Å². The van der Waals surface area contributed by atoms with Gasteiger partial charge in [0, 0.05) is 6.54 Å². The molecule has 0 aromatic carbocycles. The standard InChI is InChI=1S/C12H22N4O3/c1-8(2)6-12(3,17)7-13-9-14-10(18-4)16-11(15-9)19-5/h8,17H,6-7H2,1-5H3,(H,13,14,15,16). The Bertz CT molecular complexity index is 388. The summed E-state index contributed by atoms with van der Waals surface area (Å²) in [6, 6.07) is 0.329. The monoisotopic (exact) mass is 270 g/mol. The Morgan fingerprint density at radius 1 is 1.16 bits per heavy atom. The Labute approximate surface area is 113 Å². The Balaban J connectivity index is 2.71. The van der Waals surface area contributed by atoms with Gasteiger partial charge in [0.1, 0.15) is 0 Å². The summed E-state index contributed by atoms with van der Waals surface area (Å²) in [7, 11) is 2.93. The molecule has 0 aliphatic rings. The fourth-order valence-electron chi connectivity index (χ4n) is 1.82.